The van der Waals surface area contributed by atoms with Crippen LogP contribution < -0.4 is 37.2 Å². The molecule has 4 radical (unpaired) electrons. The van der Waals surface area contributed by atoms with Gasteiger partial charge in [-0.2, -0.15) is 0 Å². The van der Waals surface area contributed by atoms with Gasteiger partial charge in [0.25, 0.3) is 0 Å². The molecule has 5 heteroatoms. The van der Waals surface area contributed by atoms with Crippen LogP contribution in [0.1, 0.15) is 34.1 Å². The Kier molecular flexibility index (Phi) is 34.7. The molecule has 0 atom stereocenters. The third kappa shape index (κ3) is 23.2. The predicted molar refractivity (Wildman–Crippen MR) is 49.6 cm³/mol. The van der Waals surface area contributed by atoms with Gasteiger partial charge in [0.05, 0.1) is 0 Å². The van der Waals surface area contributed by atoms with Gasteiger partial charge < -0.3 is 37.2 Å². The second-order valence-corrected chi connectivity index (χ2v) is 3.29. The van der Waals surface area contributed by atoms with E-state index < -0.39 is 0 Å². The zero-order valence-corrected chi connectivity index (χ0v) is 14.0. The first-order valence-electron chi connectivity index (χ1n) is 3.70. The minimum Gasteiger partial charge on any atom is -1.00 e. The molecule has 14 heavy (non-hydrogen) atoms. The van der Waals surface area contributed by atoms with Crippen molar-refractivity contribution in [3.05, 3.63) is 11.6 Å². The molecule has 0 N–H and O–H groups in total. The van der Waals surface area contributed by atoms with Gasteiger partial charge >= 0.3 is 0 Å². The summed E-state index contributed by atoms with van der Waals surface area (Å²) in [6.07, 6.45) is 2.38. The van der Waals surface area contributed by atoms with Gasteiger partial charge in [-0.15, -0.1) is 0 Å². The molecular weight excluding hydrogens is 349 g/mol. The van der Waals surface area contributed by atoms with E-state index >= 15 is 0 Å². The Balaban J connectivity index is -0.0000000675. The molecule has 1 nitrogen and oxygen atoms in total. The SMILES string of the molecule is CC(C)=CC(=O)CC(C)C.[Cl-].[Cl-].[Cl-].[Sn]. The van der Waals surface area contributed by atoms with Crippen molar-refractivity contribution in [1.29, 1.82) is 0 Å². The summed E-state index contributed by atoms with van der Waals surface area (Å²) in [7, 11) is 0. The molecule has 0 spiro atoms. The van der Waals surface area contributed by atoms with E-state index in [0.29, 0.717) is 12.3 Å². The van der Waals surface area contributed by atoms with Crippen LogP contribution in [0, 0.1) is 5.92 Å². The van der Waals surface area contributed by atoms with Gasteiger partial charge in [-0.1, -0.05) is 19.4 Å². The number of carbonyl (C=O) groups excluding carboxylic acids is 1. The molecule has 0 aliphatic carbocycles. The van der Waals surface area contributed by atoms with Gasteiger partial charge in [0, 0.05) is 30.3 Å². The average molecular weight is 365 g/mol. The van der Waals surface area contributed by atoms with Crippen LogP contribution in [0.4, 0.5) is 0 Å². The summed E-state index contributed by atoms with van der Waals surface area (Å²) in [6, 6.07) is 0. The van der Waals surface area contributed by atoms with Crippen LogP contribution in [0.3, 0.4) is 0 Å². The number of halogens is 3. The number of hydrogen-bond acceptors (Lipinski definition) is 1. The summed E-state index contributed by atoms with van der Waals surface area (Å²) < 4.78 is 0. The molecule has 86 valence electrons. The Labute approximate surface area is 123 Å². The van der Waals surface area contributed by atoms with Crippen molar-refractivity contribution in [2.75, 3.05) is 0 Å². The van der Waals surface area contributed by atoms with Gasteiger partial charge in [0.1, 0.15) is 0 Å². The summed E-state index contributed by atoms with van der Waals surface area (Å²) in [5, 5.41) is 0. The van der Waals surface area contributed by atoms with E-state index in [-0.39, 0.29) is 66.9 Å². The zero-order valence-electron chi connectivity index (χ0n) is 8.90. The topological polar surface area (TPSA) is 17.1 Å². The fraction of sp³-hybridized carbons (Fsp3) is 0.667. The van der Waals surface area contributed by atoms with Crippen molar-refractivity contribution in [3.63, 3.8) is 0 Å². The van der Waals surface area contributed by atoms with Crippen LogP contribution in [0.15, 0.2) is 11.6 Å². The van der Waals surface area contributed by atoms with E-state index in [2.05, 4.69) is 13.8 Å². The fourth-order valence-corrected chi connectivity index (χ4v) is 0.783. The van der Waals surface area contributed by atoms with Crippen LogP contribution >= 0.6 is 0 Å². The summed E-state index contributed by atoms with van der Waals surface area (Å²) in [6.45, 7) is 7.99. The number of allylic oxidation sites excluding steroid dienone is 2. The molecule has 0 aromatic rings. The molecule has 0 saturated heterocycles. The maximum Gasteiger partial charge on any atom is 0.155 e. The van der Waals surface area contributed by atoms with E-state index in [1.165, 1.54) is 0 Å². The van der Waals surface area contributed by atoms with Crippen LogP contribution in [0.25, 0.3) is 0 Å². The molecule has 0 bridgehead atoms. The van der Waals surface area contributed by atoms with Gasteiger partial charge in [0.15, 0.2) is 5.78 Å². The summed E-state index contributed by atoms with van der Waals surface area (Å²) in [5.41, 5.74) is 1.09. The largest absolute Gasteiger partial charge is 1.00 e. The minimum absolute atomic E-state index is 0. The zero-order chi connectivity index (χ0) is 8.15. The molecule has 0 aromatic carbocycles. The quantitative estimate of drug-likeness (QED) is 0.359. The smallest absolute Gasteiger partial charge is 0.155 e. The first-order valence-corrected chi connectivity index (χ1v) is 3.70. The second kappa shape index (κ2) is 16.5. The van der Waals surface area contributed by atoms with Gasteiger partial charge in [-0.3, -0.25) is 4.79 Å². The van der Waals surface area contributed by atoms with E-state index in [9.17, 15) is 4.79 Å². The first kappa shape index (κ1) is 29.4. The number of carbonyl (C=O) groups is 1. The van der Waals surface area contributed by atoms with Crippen molar-refractivity contribution in [3.8, 4) is 0 Å². The van der Waals surface area contributed by atoms with Crippen LogP contribution in [0.5, 0.6) is 0 Å². The van der Waals surface area contributed by atoms with Crippen molar-refractivity contribution in [2.45, 2.75) is 34.1 Å². The molecule has 0 heterocycles. The van der Waals surface area contributed by atoms with Gasteiger partial charge in [-0.25, -0.2) is 0 Å². The van der Waals surface area contributed by atoms with Gasteiger partial charge in [-0.05, 0) is 25.8 Å². The summed E-state index contributed by atoms with van der Waals surface area (Å²) in [5.74, 6) is 0.720. The molecule has 0 amide bonds. The van der Waals surface area contributed by atoms with E-state index in [0.717, 1.165) is 5.57 Å². The standard InChI is InChI=1S/C9H16O.3ClH.Sn/c1-7(2)5-9(10)6-8(3)4;;;;/h5,8H,6H2,1-4H3;3*1H;/p-3. The maximum absolute atomic E-state index is 11.0. The number of ketones is 1. The Hall–Kier alpha value is 1.08. The monoisotopic (exact) mass is 365 g/mol. The summed E-state index contributed by atoms with van der Waals surface area (Å²) in [4.78, 5) is 11.0. The van der Waals surface area contributed by atoms with Gasteiger partial charge in [0.2, 0.25) is 0 Å². The third-order valence-electron chi connectivity index (χ3n) is 1.06. The van der Waals surface area contributed by atoms with E-state index in [1.807, 2.05) is 13.8 Å². The Morgan fingerprint density at radius 3 is 1.71 bits per heavy atom. The number of rotatable bonds is 3. The molecular formula is C9H16Cl3OSn-3. The fourth-order valence-electron chi connectivity index (χ4n) is 0.783. The van der Waals surface area contributed by atoms with Crippen molar-refractivity contribution < 1.29 is 42.0 Å². The van der Waals surface area contributed by atoms with Crippen molar-refractivity contribution in [1.82, 2.24) is 0 Å². The maximum atomic E-state index is 11.0. The minimum atomic E-state index is 0. The van der Waals surface area contributed by atoms with Crippen molar-refractivity contribution in [2.24, 2.45) is 5.92 Å². The predicted octanol–water partition coefficient (Wildman–Crippen LogP) is -6.80. The molecule has 0 unspecified atom stereocenters. The Morgan fingerprint density at radius 1 is 1.14 bits per heavy atom. The van der Waals surface area contributed by atoms with Crippen LogP contribution in [-0.2, 0) is 4.79 Å². The van der Waals surface area contributed by atoms with E-state index in [1.54, 1.807) is 6.08 Å². The summed E-state index contributed by atoms with van der Waals surface area (Å²) >= 11 is 0. The number of hydrogen-bond donors (Lipinski definition) is 0. The van der Waals surface area contributed by atoms with Crippen LogP contribution in [-0.4, -0.2) is 29.7 Å². The molecule has 0 rings (SSSR count). The molecule has 0 aliphatic heterocycles. The third-order valence-corrected chi connectivity index (χ3v) is 1.06. The normalized spacial score (nSPS) is 6.93. The van der Waals surface area contributed by atoms with Crippen molar-refractivity contribution >= 4 is 29.7 Å². The van der Waals surface area contributed by atoms with Crippen LogP contribution in [0.2, 0.25) is 0 Å². The Morgan fingerprint density at radius 2 is 1.50 bits per heavy atom. The molecule has 0 saturated carbocycles. The first-order chi connectivity index (χ1) is 4.52. The molecule has 0 aromatic heterocycles. The average Bonchev–Trinajstić information content (AvgIpc) is 1.58. The van der Waals surface area contributed by atoms with E-state index in [4.69, 9.17) is 0 Å². The Bertz CT molecular complexity index is 154. The molecule has 0 aliphatic rings. The molecule has 0 fully saturated rings. The second-order valence-electron chi connectivity index (χ2n) is 3.29.